The van der Waals surface area contributed by atoms with Crippen LogP contribution in [0.2, 0.25) is 0 Å². The monoisotopic (exact) mass is 170 g/mol. The second kappa shape index (κ2) is 3.70. The minimum absolute atomic E-state index is 0.0422. The molecular formula is C9H14O3. The van der Waals surface area contributed by atoms with Crippen molar-refractivity contribution in [1.29, 1.82) is 0 Å². The molecule has 68 valence electrons. The average molecular weight is 170 g/mol. The second-order valence-corrected chi connectivity index (χ2v) is 3.43. The highest BCUT2D eigenvalue weighted by Gasteiger charge is 2.32. The summed E-state index contributed by atoms with van der Waals surface area (Å²) in [5, 5.41) is 0. The molecule has 0 aromatic heterocycles. The smallest absolute Gasteiger partial charge is 0.316 e. The summed E-state index contributed by atoms with van der Waals surface area (Å²) < 4.78 is 4.54. The predicted octanol–water partition coefficient (Wildman–Crippen LogP) is 1.16. The summed E-state index contributed by atoms with van der Waals surface area (Å²) in [5.74, 6) is -0.378. The van der Waals surface area contributed by atoms with E-state index in [1.54, 1.807) is 0 Å². The molecular weight excluding hydrogens is 156 g/mol. The van der Waals surface area contributed by atoms with E-state index >= 15 is 0 Å². The van der Waals surface area contributed by atoms with E-state index in [0.29, 0.717) is 18.8 Å². The van der Waals surface area contributed by atoms with Crippen LogP contribution in [-0.2, 0) is 14.3 Å². The molecule has 0 unspecified atom stereocenters. The zero-order valence-electron chi connectivity index (χ0n) is 7.50. The van der Waals surface area contributed by atoms with Crippen molar-refractivity contribution in [2.75, 3.05) is 7.11 Å². The molecule has 1 saturated carbocycles. The van der Waals surface area contributed by atoms with Gasteiger partial charge in [0.2, 0.25) is 0 Å². The number of carbonyl (C=O) groups excluding carboxylic acids is 2. The topological polar surface area (TPSA) is 43.4 Å². The Balaban J connectivity index is 2.56. The highest BCUT2D eigenvalue weighted by Crippen LogP contribution is 2.26. The van der Waals surface area contributed by atoms with E-state index in [1.165, 1.54) is 7.11 Å². The maximum Gasteiger partial charge on any atom is 0.316 e. The molecule has 0 N–H and O–H groups in total. The van der Waals surface area contributed by atoms with Crippen LogP contribution in [0.5, 0.6) is 0 Å². The first kappa shape index (κ1) is 9.23. The fraction of sp³-hybridized carbons (Fsp3) is 0.778. The van der Waals surface area contributed by atoms with E-state index in [9.17, 15) is 9.59 Å². The Morgan fingerprint density at radius 1 is 1.50 bits per heavy atom. The van der Waals surface area contributed by atoms with Crippen molar-refractivity contribution in [2.45, 2.75) is 26.2 Å². The highest BCUT2D eigenvalue weighted by atomic mass is 16.5. The van der Waals surface area contributed by atoms with Crippen LogP contribution >= 0.6 is 0 Å². The fourth-order valence-corrected chi connectivity index (χ4v) is 1.59. The Kier molecular flexibility index (Phi) is 2.84. The molecule has 1 rings (SSSR count). The average Bonchev–Trinajstić information content (AvgIpc) is 2.03. The fourth-order valence-electron chi connectivity index (χ4n) is 1.59. The number of methoxy groups -OCH3 is 1. The molecule has 0 aromatic carbocycles. The third-order valence-corrected chi connectivity index (χ3v) is 2.37. The van der Waals surface area contributed by atoms with Crippen molar-refractivity contribution in [3.63, 3.8) is 0 Å². The van der Waals surface area contributed by atoms with Gasteiger partial charge in [-0.05, 0) is 18.8 Å². The minimum atomic E-state index is -0.480. The van der Waals surface area contributed by atoms with Gasteiger partial charge in [-0.3, -0.25) is 9.59 Å². The summed E-state index contributed by atoms with van der Waals surface area (Å²) in [6, 6.07) is 0. The van der Waals surface area contributed by atoms with Crippen LogP contribution in [-0.4, -0.2) is 18.9 Å². The number of carbonyl (C=O) groups is 2. The molecule has 3 nitrogen and oxygen atoms in total. The van der Waals surface area contributed by atoms with Gasteiger partial charge in [0.15, 0.2) is 0 Å². The van der Waals surface area contributed by atoms with Crippen LogP contribution in [0, 0.1) is 11.8 Å². The lowest BCUT2D eigenvalue weighted by Crippen LogP contribution is -2.30. The molecule has 0 aromatic rings. The lowest BCUT2D eigenvalue weighted by molar-refractivity contribution is -0.151. The molecule has 3 heteroatoms. The molecule has 1 aliphatic carbocycles. The van der Waals surface area contributed by atoms with Crippen LogP contribution in [0.15, 0.2) is 0 Å². The van der Waals surface area contributed by atoms with E-state index in [-0.39, 0.29) is 11.8 Å². The van der Waals surface area contributed by atoms with Crippen molar-refractivity contribution < 1.29 is 14.3 Å². The first-order valence-corrected chi connectivity index (χ1v) is 4.25. The van der Waals surface area contributed by atoms with Crippen LogP contribution < -0.4 is 0 Å². The van der Waals surface area contributed by atoms with Gasteiger partial charge in [0.1, 0.15) is 11.7 Å². The minimum Gasteiger partial charge on any atom is -0.468 e. The Labute approximate surface area is 72.1 Å². The van der Waals surface area contributed by atoms with E-state index in [1.807, 2.05) is 6.92 Å². The molecule has 0 heterocycles. The number of ether oxygens (including phenoxy) is 1. The normalized spacial score (nSPS) is 30.0. The summed E-state index contributed by atoms with van der Waals surface area (Å²) in [6.45, 7) is 2.03. The molecule has 0 bridgehead atoms. The lowest BCUT2D eigenvalue weighted by atomic mass is 9.82. The van der Waals surface area contributed by atoms with Crippen molar-refractivity contribution >= 4 is 11.8 Å². The largest absolute Gasteiger partial charge is 0.468 e. The quantitative estimate of drug-likeness (QED) is 0.438. The predicted molar refractivity (Wildman–Crippen MR) is 43.5 cm³/mol. The lowest BCUT2D eigenvalue weighted by Gasteiger charge is -2.22. The Hall–Kier alpha value is -0.860. The molecule has 0 radical (unpaired) electrons. The van der Waals surface area contributed by atoms with Crippen molar-refractivity contribution in [3.8, 4) is 0 Å². The van der Waals surface area contributed by atoms with Crippen molar-refractivity contribution in [1.82, 2.24) is 0 Å². The summed E-state index contributed by atoms with van der Waals surface area (Å²) in [4.78, 5) is 22.3. The third kappa shape index (κ3) is 1.84. The first-order chi connectivity index (χ1) is 5.65. The number of esters is 1. The van der Waals surface area contributed by atoms with Gasteiger partial charge in [0, 0.05) is 6.42 Å². The maximum atomic E-state index is 11.3. The molecule has 1 aliphatic rings. The van der Waals surface area contributed by atoms with E-state index in [0.717, 1.165) is 6.42 Å². The van der Waals surface area contributed by atoms with Gasteiger partial charge in [-0.25, -0.2) is 0 Å². The van der Waals surface area contributed by atoms with Gasteiger partial charge in [-0.15, -0.1) is 0 Å². The third-order valence-electron chi connectivity index (χ3n) is 2.37. The zero-order chi connectivity index (χ0) is 9.14. The van der Waals surface area contributed by atoms with Crippen molar-refractivity contribution in [2.24, 2.45) is 11.8 Å². The molecule has 0 aliphatic heterocycles. The van der Waals surface area contributed by atoms with Gasteiger partial charge in [-0.2, -0.15) is 0 Å². The molecule has 0 spiro atoms. The second-order valence-electron chi connectivity index (χ2n) is 3.43. The Morgan fingerprint density at radius 3 is 2.67 bits per heavy atom. The van der Waals surface area contributed by atoms with Gasteiger partial charge >= 0.3 is 5.97 Å². The molecule has 0 saturated heterocycles. The summed E-state index contributed by atoms with van der Waals surface area (Å²) in [6.07, 6.45) is 2.14. The number of rotatable bonds is 1. The Bertz CT molecular complexity index is 198. The van der Waals surface area contributed by atoms with Crippen LogP contribution in [0.1, 0.15) is 26.2 Å². The highest BCUT2D eigenvalue weighted by molar-refractivity contribution is 5.99. The maximum absolute atomic E-state index is 11.3. The zero-order valence-corrected chi connectivity index (χ0v) is 7.50. The van der Waals surface area contributed by atoms with E-state index in [2.05, 4.69) is 4.74 Å². The van der Waals surface area contributed by atoms with Gasteiger partial charge < -0.3 is 4.74 Å². The van der Waals surface area contributed by atoms with Crippen LogP contribution in [0.4, 0.5) is 0 Å². The number of Topliss-reactive ketones (excluding diaryl/α,β-unsaturated/α-hetero) is 1. The molecule has 2 atom stereocenters. The standard InChI is InChI=1S/C9H14O3/c1-6-3-4-7(8(10)5-6)9(11)12-2/h6-7H,3-5H2,1-2H3/t6-,7+/m1/s1. The van der Waals surface area contributed by atoms with Gasteiger partial charge in [0.25, 0.3) is 0 Å². The first-order valence-electron chi connectivity index (χ1n) is 4.25. The van der Waals surface area contributed by atoms with E-state index in [4.69, 9.17) is 0 Å². The Morgan fingerprint density at radius 2 is 2.17 bits per heavy atom. The SMILES string of the molecule is COC(=O)[C@H]1CC[C@@H](C)CC1=O. The van der Waals surface area contributed by atoms with Crippen LogP contribution in [0.3, 0.4) is 0 Å². The molecule has 1 fully saturated rings. The summed E-state index contributed by atoms with van der Waals surface area (Å²) in [5.41, 5.74) is 0. The summed E-state index contributed by atoms with van der Waals surface area (Å²) in [7, 11) is 1.33. The molecule has 12 heavy (non-hydrogen) atoms. The van der Waals surface area contributed by atoms with Crippen molar-refractivity contribution in [3.05, 3.63) is 0 Å². The number of ketones is 1. The van der Waals surface area contributed by atoms with Gasteiger partial charge in [-0.1, -0.05) is 6.92 Å². The van der Waals surface area contributed by atoms with E-state index < -0.39 is 5.92 Å². The van der Waals surface area contributed by atoms with Gasteiger partial charge in [0.05, 0.1) is 7.11 Å². The van der Waals surface area contributed by atoms with Crippen LogP contribution in [0.25, 0.3) is 0 Å². The molecule has 0 amide bonds. The number of hydrogen-bond acceptors (Lipinski definition) is 3. The number of hydrogen-bond donors (Lipinski definition) is 0. The summed E-state index contributed by atoms with van der Waals surface area (Å²) >= 11 is 0.